The maximum Gasteiger partial charge on any atom is 0.191 e. The van der Waals surface area contributed by atoms with Crippen molar-refractivity contribution in [1.82, 2.24) is 15.5 Å². The van der Waals surface area contributed by atoms with Gasteiger partial charge >= 0.3 is 0 Å². The quantitative estimate of drug-likeness (QED) is 0.559. The van der Waals surface area contributed by atoms with Gasteiger partial charge in [-0.05, 0) is 45.4 Å². The van der Waals surface area contributed by atoms with Crippen molar-refractivity contribution in [3.05, 3.63) is 0 Å². The van der Waals surface area contributed by atoms with Gasteiger partial charge in [0.05, 0.1) is 6.54 Å². The highest BCUT2D eigenvalue weighted by Gasteiger charge is 2.19. The van der Waals surface area contributed by atoms with E-state index in [4.69, 9.17) is 4.99 Å². The smallest absolute Gasteiger partial charge is 0.191 e. The molecule has 2 rings (SSSR count). The van der Waals surface area contributed by atoms with Crippen LogP contribution in [0.3, 0.4) is 0 Å². The predicted molar refractivity (Wildman–Crippen MR) is 94.3 cm³/mol. The van der Waals surface area contributed by atoms with E-state index in [1.807, 2.05) is 0 Å². The summed E-state index contributed by atoms with van der Waals surface area (Å²) in [7, 11) is 2.26. The second-order valence-electron chi connectivity index (χ2n) is 6.20. The summed E-state index contributed by atoms with van der Waals surface area (Å²) in [5.41, 5.74) is 0. The summed E-state index contributed by atoms with van der Waals surface area (Å²) in [6.45, 7) is 6.11. The Labute approximate surface area is 134 Å². The number of hydrogen-bond donors (Lipinski definition) is 2. The first-order chi connectivity index (χ1) is 10.3. The molecule has 1 saturated heterocycles. The van der Waals surface area contributed by atoms with Gasteiger partial charge in [-0.1, -0.05) is 12.8 Å². The Morgan fingerprint density at radius 2 is 2.00 bits per heavy atom. The molecule has 1 aliphatic carbocycles. The fourth-order valence-electron chi connectivity index (χ4n) is 3.20. The van der Waals surface area contributed by atoms with Crippen LogP contribution in [0.1, 0.15) is 45.4 Å². The first-order valence-electron chi connectivity index (χ1n) is 8.63. The number of hydrogen-bond acceptors (Lipinski definition) is 3. The summed E-state index contributed by atoms with van der Waals surface area (Å²) in [5.74, 6) is 2.31. The van der Waals surface area contributed by atoms with Crippen molar-refractivity contribution >= 4 is 17.7 Å². The molecule has 0 bridgehead atoms. The Bertz CT molecular complexity index is 309. The zero-order valence-electron chi connectivity index (χ0n) is 13.7. The average molecular weight is 313 g/mol. The van der Waals surface area contributed by atoms with E-state index < -0.39 is 0 Å². The number of aliphatic imine (C=N–C) groups is 1. The van der Waals surface area contributed by atoms with Gasteiger partial charge in [0.25, 0.3) is 0 Å². The van der Waals surface area contributed by atoms with Crippen LogP contribution in [0, 0.1) is 0 Å². The van der Waals surface area contributed by atoms with Crippen molar-refractivity contribution in [2.45, 2.75) is 56.7 Å². The summed E-state index contributed by atoms with van der Waals surface area (Å²) in [6.07, 6.45) is 8.27. The minimum absolute atomic E-state index is 0.738. The van der Waals surface area contributed by atoms with Crippen LogP contribution in [0.4, 0.5) is 0 Å². The number of rotatable bonds is 7. The van der Waals surface area contributed by atoms with E-state index in [1.165, 1.54) is 44.3 Å². The first kappa shape index (κ1) is 16.9. The van der Waals surface area contributed by atoms with E-state index in [1.54, 1.807) is 0 Å². The van der Waals surface area contributed by atoms with Crippen LogP contribution in [0.2, 0.25) is 0 Å². The molecule has 2 N–H and O–H groups in total. The van der Waals surface area contributed by atoms with Crippen molar-refractivity contribution in [1.29, 1.82) is 0 Å². The third kappa shape index (κ3) is 6.07. The number of thioether (sulfide) groups is 1. The van der Waals surface area contributed by atoms with Crippen LogP contribution in [0.25, 0.3) is 0 Å². The summed E-state index contributed by atoms with van der Waals surface area (Å²) >= 11 is 2.08. The number of nitrogens with one attached hydrogen (secondary N) is 2. The zero-order valence-corrected chi connectivity index (χ0v) is 14.6. The van der Waals surface area contributed by atoms with Crippen LogP contribution in [0.5, 0.6) is 0 Å². The molecule has 122 valence electrons. The molecule has 1 atom stereocenters. The van der Waals surface area contributed by atoms with Crippen molar-refractivity contribution < 1.29 is 0 Å². The molecule has 0 aromatic carbocycles. The van der Waals surface area contributed by atoms with Gasteiger partial charge < -0.3 is 15.5 Å². The minimum atomic E-state index is 0.738. The Hall–Kier alpha value is -0.420. The van der Waals surface area contributed by atoms with Crippen molar-refractivity contribution in [2.24, 2.45) is 4.99 Å². The SMILES string of the molecule is CCNC(=NCC1CCCS1)NCCN(C)C1CCCC1. The van der Waals surface area contributed by atoms with Crippen LogP contribution in [-0.4, -0.2) is 61.1 Å². The molecule has 0 amide bonds. The molecule has 2 fully saturated rings. The molecule has 5 heteroatoms. The van der Waals surface area contributed by atoms with Gasteiger partial charge in [-0.15, -0.1) is 0 Å². The fraction of sp³-hybridized carbons (Fsp3) is 0.938. The predicted octanol–water partition coefficient (Wildman–Crippen LogP) is 2.31. The van der Waals surface area contributed by atoms with Gasteiger partial charge in [0.1, 0.15) is 0 Å². The lowest BCUT2D eigenvalue weighted by Crippen LogP contribution is -2.42. The maximum atomic E-state index is 4.74. The van der Waals surface area contributed by atoms with E-state index >= 15 is 0 Å². The second-order valence-corrected chi connectivity index (χ2v) is 7.61. The van der Waals surface area contributed by atoms with Crippen LogP contribution in [0.15, 0.2) is 4.99 Å². The monoisotopic (exact) mass is 312 g/mol. The van der Waals surface area contributed by atoms with E-state index in [0.29, 0.717) is 0 Å². The largest absolute Gasteiger partial charge is 0.357 e. The highest BCUT2D eigenvalue weighted by molar-refractivity contribution is 8.00. The molecule has 1 heterocycles. The Morgan fingerprint density at radius 3 is 2.67 bits per heavy atom. The van der Waals surface area contributed by atoms with Crippen LogP contribution < -0.4 is 10.6 Å². The third-order valence-electron chi connectivity index (χ3n) is 4.53. The standard InChI is InChI=1S/C16H32N4S/c1-3-17-16(19-13-15-9-6-12-21-15)18-10-11-20(2)14-7-4-5-8-14/h14-15H,3-13H2,1-2H3,(H2,17,18,19). The second kappa shape index (κ2) is 9.57. The number of guanidine groups is 1. The van der Waals surface area contributed by atoms with Gasteiger partial charge in [0, 0.05) is 30.9 Å². The maximum absolute atomic E-state index is 4.74. The molecule has 0 aromatic heterocycles. The Kier molecular flexibility index (Phi) is 7.72. The summed E-state index contributed by atoms with van der Waals surface area (Å²) in [6, 6.07) is 0.807. The highest BCUT2D eigenvalue weighted by Crippen LogP contribution is 2.26. The van der Waals surface area contributed by atoms with Gasteiger partial charge in [0.15, 0.2) is 5.96 Å². The molecule has 1 saturated carbocycles. The summed E-state index contributed by atoms with van der Waals surface area (Å²) in [5, 5.41) is 7.59. The summed E-state index contributed by atoms with van der Waals surface area (Å²) in [4.78, 5) is 7.26. The van der Waals surface area contributed by atoms with Gasteiger partial charge in [-0.25, -0.2) is 0 Å². The van der Waals surface area contributed by atoms with Gasteiger partial charge in [0.2, 0.25) is 0 Å². The Balaban J connectivity index is 1.67. The topological polar surface area (TPSA) is 39.7 Å². The van der Waals surface area contributed by atoms with Crippen molar-refractivity contribution in [3.8, 4) is 0 Å². The Morgan fingerprint density at radius 1 is 1.19 bits per heavy atom. The molecule has 0 radical (unpaired) electrons. The molecule has 1 aliphatic heterocycles. The number of likely N-dealkylation sites (N-methyl/N-ethyl adjacent to an activating group) is 1. The van der Waals surface area contributed by atoms with Crippen LogP contribution in [-0.2, 0) is 0 Å². The molecule has 4 nitrogen and oxygen atoms in total. The van der Waals surface area contributed by atoms with E-state index in [9.17, 15) is 0 Å². The summed E-state index contributed by atoms with van der Waals surface area (Å²) < 4.78 is 0. The number of nitrogens with zero attached hydrogens (tertiary/aromatic N) is 2. The van der Waals surface area contributed by atoms with E-state index in [-0.39, 0.29) is 0 Å². The highest BCUT2D eigenvalue weighted by atomic mass is 32.2. The molecular weight excluding hydrogens is 280 g/mol. The average Bonchev–Trinajstić information content (AvgIpc) is 3.17. The molecule has 2 aliphatic rings. The first-order valence-corrected chi connectivity index (χ1v) is 9.68. The third-order valence-corrected chi connectivity index (χ3v) is 5.91. The van der Waals surface area contributed by atoms with Crippen molar-refractivity contribution in [2.75, 3.05) is 39.0 Å². The molecular formula is C16H32N4S. The van der Waals surface area contributed by atoms with Gasteiger partial charge in [-0.2, -0.15) is 11.8 Å². The lowest BCUT2D eigenvalue weighted by molar-refractivity contribution is 0.249. The normalized spacial score (nSPS) is 24.0. The molecule has 21 heavy (non-hydrogen) atoms. The molecule has 0 aromatic rings. The van der Waals surface area contributed by atoms with E-state index in [0.717, 1.165) is 43.4 Å². The minimum Gasteiger partial charge on any atom is -0.357 e. The van der Waals surface area contributed by atoms with Gasteiger partial charge in [-0.3, -0.25) is 4.99 Å². The fourth-order valence-corrected chi connectivity index (χ4v) is 4.38. The van der Waals surface area contributed by atoms with Crippen molar-refractivity contribution in [3.63, 3.8) is 0 Å². The zero-order chi connectivity index (χ0) is 14.9. The van der Waals surface area contributed by atoms with E-state index in [2.05, 4.69) is 41.3 Å². The van der Waals surface area contributed by atoms with Crippen LogP contribution >= 0.6 is 11.8 Å². The molecule has 0 spiro atoms. The lowest BCUT2D eigenvalue weighted by atomic mass is 10.2. The lowest BCUT2D eigenvalue weighted by Gasteiger charge is -2.24. The molecule has 1 unspecified atom stereocenters.